The number of oxime groups is 1. The number of hydrogen-bond donors (Lipinski definition) is 4. The molecule has 3 atom stereocenters. The van der Waals surface area contributed by atoms with Gasteiger partial charge in [0, 0.05) is 35.6 Å². The number of allylic oxidation sites excluding steroid dienone is 1. The zero-order valence-electron chi connectivity index (χ0n) is 23.2. The normalized spacial score (nSPS) is 19.0. The van der Waals surface area contributed by atoms with Crippen LogP contribution in [0.3, 0.4) is 0 Å². The Morgan fingerprint density at radius 2 is 1.98 bits per heavy atom. The van der Waals surface area contributed by atoms with Gasteiger partial charge in [-0.2, -0.15) is 0 Å². The van der Waals surface area contributed by atoms with Gasteiger partial charge in [-0.05, 0) is 11.6 Å². The number of benzene rings is 1. The lowest BCUT2D eigenvalue weighted by Gasteiger charge is -2.49. The fourth-order valence-electron chi connectivity index (χ4n) is 4.78. The van der Waals surface area contributed by atoms with Crippen LogP contribution < -0.4 is 16.5 Å². The number of β-lactam (4-membered cyclic amide) rings is 1. The van der Waals surface area contributed by atoms with Gasteiger partial charge in [0.05, 0.1) is 6.20 Å². The Hall–Kier alpha value is -4.93. The molecule has 0 spiro atoms. The summed E-state index contributed by atoms with van der Waals surface area (Å²) in [6.45, 7) is 0. The number of methoxy groups -OCH3 is 1. The Bertz CT molecular complexity index is 1770. The summed E-state index contributed by atoms with van der Waals surface area (Å²) in [7, 11) is 2.73. The zero-order valence-corrected chi connectivity index (χ0v) is 24.9. The molecule has 2 amide bonds. The number of aromatic hydroxyl groups is 1. The van der Waals surface area contributed by atoms with E-state index in [0.717, 1.165) is 21.8 Å². The molecule has 14 nitrogen and oxygen atoms in total. The summed E-state index contributed by atoms with van der Waals surface area (Å²) in [5, 5.41) is 27.6. The van der Waals surface area contributed by atoms with E-state index in [1.54, 1.807) is 0 Å². The molecule has 44 heavy (non-hydrogen) atoms. The number of ether oxygens (including phenoxy) is 1. The third-order valence-electron chi connectivity index (χ3n) is 6.76. The van der Waals surface area contributed by atoms with Crippen LogP contribution in [0, 0.1) is 0 Å². The summed E-state index contributed by atoms with van der Waals surface area (Å²) in [5.41, 5.74) is 6.12. The maximum absolute atomic E-state index is 13.2. The number of amides is 2. The van der Waals surface area contributed by atoms with E-state index in [2.05, 4.69) is 15.5 Å². The van der Waals surface area contributed by atoms with Crippen molar-refractivity contribution >= 4 is 57.8 Å². The fraction of sp³-hybridized carbons (Fsp3) is 0.214. The van der Waals surface area contributed by atoms with Crippen molar-refractivity contribution in [2.45, 2.75) is 17.6 Å². The second kappa shape index (κ2) is 12.7. The number of anilines is 1. The number of hydrogen-bond acceptors (Lipinski definition) is 12. The Kier molecular flexibility index (Phi) is 8.84. The van der Waals surface area contributed by atoms with E-state index in [-0.39, 0.29) is 28.0 Å². The number of nitrogens with one attached hydrogen (secondary N) is 1. The summed E-state index contributed by atoms with van der Waals surface area (Å²) >= 11 is 2.35. The quantitative estimate of drug-likeness (QED) is 0.143. The molecule has 1 fully saturated rings. The molecule has 5 N–H and O–H groups in total. The standard InChI is InChI=1S/C28H26N6O8S2/c1-41-25(14-6-4-3-5-7-14)33-11-19(36)18(35)10-16(33)9-8-15-12-43-26-21(24(38)34(26)22(15)27(39)40)31-23(37)20(32-42-2)17-13-44-28(29)30-17/h3-11,13,21,25-26,36H,12H2,1-2H3,(H2,29,30)(H,31,37)(H,39,40)/b9-8?,32-20-/t21-,25?,26-/m1/s1. The molecule has 2 aromatic heterocycles. The molecule has 5 rings (SSSR count). The van der Waals surface area contributed by atoms with E-state index in [1.807, 2.05) is 30.3 Å². The molecule has 4 heterocycles. The molecule has 2 aliphatic heterocycles. The molecule has 1 unspecified atom stereocenters. The number of carboxylic acids is 1. The fourth-order valence-corrected chi connectivity index (χ4v) is 6.64. The van der Waals surface area contributed by atoms with Crippen LogP contribution in [-0.4, -0.2) is 79.5 Å². The Balaban J connectivity index is 1.42. The number of nitrogen functional groups attached to an aromatic ring is 1. The predicted octanol–water partition coefficient (Wildman–Crippen LogP) is 1.59. The largest absolute Gasteiger partial charge is 0.503 e. The summed E-state index contributed by atoms with van der Waals surface area (Å²) in [6.07, 6.45) is 3.55. The van der Waals surface area contributed by atoms with Crippen LogP contribution in [0.1, 0.15) is 23.2 Å². The highest BCUT2D eigenvalue weighted by molar-refractivity contribution is 8.00. The van der Waals surface area contributed by atoms with Crippen molar-refractivity contribution in [1.29, 1.82) is 0 Å². The molecule has 0 saturated carbocycles. The van der Waals surface area contributed by atoms with E-state index >= 15 is 0 Å². The molecule has 3 aromatic rings. The van der Waals surface area contributed by atoms with Crippen molar-refractivity contribution in [1.82, 2.24) is 19.8 Å². The number of thiazole rings is 1. The van der Waals surface area contributed by atoms with Crippen molar-refractivity contribution in [3.8, 4) is 5.75 Å². The van der Waals surface area contributed by atoms with Gasteiger partial charge in [-0.25, -0.2) is 9.78 Å². The van der Waals surface area contributed by atoms with Crippen LogP contribution in [0.15, 0.2) is 75.3 Å². The molecule has 0 bridgehead atoms. The van der Waals surface area contributed by atoms with E-state index in [1.165, 1.54) is 60.3 Å². The minimum atomic E-state index is -1.34. The van der Waals surface area contributed by atoms with Gasteiger partial charge >= 0.3 is 5.97 Å². The number of carbonyl (C=O) groups excluding carboxylic acids is 2. The first-order valence-electron chi connectivity index (χ1n) is 12.9. The number of pyridine rings is 1. The summed E-state index contributed by atoms with van der Waals surface area (Å²) in [6, 6.07) is 9.29. The van der Waals surface area contributed by atoms with E-state index in [4.69, 9.17) is 15.3 Å². The first-order valence-corrected chi connectivity index (χ1v) is 14.8. The van der Waals surface area contributed by atoms with Crippen LogP contribution in [0.5, 0.6) is 5.75 Å². The topological polar surface area (TPSA) is 199 Å². The Morgan fingerprint density at radius 1 is 1.23 bits per heavy atom. The van der Waals surface area contributed by atoms with Gasteiger partial charge in [0.1, 0.15) is 29.9 Å². The lowest BCUT2D eigenvalue weighted by atomic mass is 10.0. The lowest BCUT2D eigenvalue weighted by Crippen LogP contribution is -2.71. The van der Waals surface area contributed by atoms with Crippen LogP contribution in [0.4, 0.5) is 5.13 Å². The number of thioether (sulfide) groups is 1. The van der Waals surface area contributed by atoms with Crippen molar-refractivity contribution in [2.75, 3.05) is 25.7 Å². The molecule has 1 saturated heterocycles. The molecule has 228 valence electrons. The van der Waals surface area contributed by atoms with Gasteiger partial charge in [0.2, 0.25) is 5.43 Å². The first-order chi connectivity index (χ1) is 21.1. The SMILES string of the molecule is CO/N=C(\C(=O)N[C@@H]1C(=O)N2C(C(=O)O)=C(C=Cc3cc(=O)c(O)cn3C(OC)c3ccccc3)CS[C@H]12)c1csc(N)n1. The molecule has 1 aromatic carbocycles. The Labute approximate surface area is 258 Å². The van der Waals surface area contributed by atoms with Crippen LogP contribution >= 0.6 is 23.1 Å². The molecular formula is C28H26N6O8S2. The smallest absolute Gasteiger partial charge is 0.352 e. The highest BCUT2D eigenvalue weighted by atomic mass is 32.2. The number of nitrogens with zero attached hydrogens (tertiary/aromatic N) is 4. The second-order valence-corrected chi connectivity index (χ2v) is 11.4. The summed E-state index contributed by atoms with van der Waals surface area (Å²) in [5.74, 6) is -3.01. The van der Waals surface area contributed by atoms with E-state index < -0.39 is 46.6 Å². The minimum Gasteiger partial charge on any atom is -0.503 e. The average Bonchev–Trinajstić information content (AvgIpc) is 3.45. The number of carboxylic acid groups (broad SMARTS) is 1. The van der Waals surface area contributed by atoms with E-state index in [9.17, 15) is 29.4 Å². The van der Waals surface area contributed by atoms with Crippen LogP contribution in [-0.2, 0) is 24.0 Å². The lowest BCUT2D eigenvalue weighted by molar-refractivity contribution is -0.150. The van der Waals surface area contributed by atoms with Gasteiger partial charge in [0.25, 0.3) is 11.8 Å². The third kappa shape index (κ3) is 5.82. The first kappa shape index (κ1) is 30.5. The molecule has 0 aliphatic carbocycles. The van der Waals surface area contributed by atoms with Crippen molar-refractivity contribution < 1.29 is 34.2 Å². The van der Waals surface area contributed by atoms with Gasteiger partial charge < -0.3 is 35.4 Å². The maximum Gasteiger partial charge on any atom is 0.352 e. The molecule has 16 heteroatoms. The van der Waals surface area contributed by atoms with Crippen LogP contribution in [0.25, 0.3) is 6.08 Å². The number of aliphatic carboxylic acids is 1. The number of nitrogens with two attached hydrogens (primary N) is 1. The monoisotopic (exact) mass is 638 g/mol. The molecular weight excluding hydrogens is 612 g/mol. The zero-order chi connectivity index (χ0) is 31.5. The summed E-state index contributed by atoms with van der Waals surface area (Å²) < 4.78 is 7.20. The highest BCUT2D eigenvalue weighted by Crippen LogP contribution is 2.41. The third-order valence-corrected chi connectivity index (χ3v) is 8.73. The van der Waals surface area contributed by atoms with Crippen molar-refractivity contribution in [2.24, 2.45) is 5.16 Å². The number of rotatable bonds is 10. The van der Waals surface area contributed by atoms with Crippen LogP contribution in [0.2, 0.25) is 0 Å². The minimum absolute atomic E-state index is 0.168. The molecule has 2 aliphatic rings. The van der Waals surface area contributed by atoms with Gasteiger partial charge in [-0.3, -0.25) is 19.3 Å². The highest BCUT2D eigenvalue weighted by Gasteiger charge is 2.54. The predicted molar refractivity (Wildman–Crippen MR) is 163 cm³/mol. The van der Waals surface area contributed by atoms with Gasteiger partial charge in [-0.15, -0.1) is 23.1 Å². The van der Waals surface area contributed by atoms with Crippen molar-refractivity contribution in [3.63, 3.8) is 0 Å². The van der Waals surface area contributed by atoms with Crippen molar-refractivity contribution in [3.05, 3.63) is 92.5 Å². The Morgan fingerprint density at radius 3 is 2.61 bits per heavy atom. The average molecular weight is 639 g/mol. The molecule has 0 radical (unpaired) electrons. The van der Waals surface area contributed by atoms with Gasteiger partial charge in [-0.1, -0.05) is 41.6 Å². The summed E-state index contributed by atoms with van der Waals surface area (Å²) in [4.78, 5) is 60.8. The maximum atomic E-state index is 13.2. The number of carbonyl (C=O) groups is 3. The van der Waals surface area contributed by atoms with E-state index in [0.29, 0.717) is 11.3 Å². The second-order valence-electron chi connectivity index (χ2n) is 9.42. The number of fused-ring (bicyclic) bond motifs is 1. The number of aromatic nitrogens is 2. The van der Waals surface area contributed by atoms with Gasteiger partial charge in [0.15, 0.2) is 22.8 Å².